The van der Waals surface area contributed by atoms with Gasteiger partial charge in [-0.15, -0.1) is 0 Å². The minimum atomic E-state index is -0.361. The van der Waals surface area contributed by atoms with E-state index >= 15 is 0 Å². The number of nitrogens with zero attached hydrogens (tertiary/aromatic N) is 2. The number of imide groups is 1. The molecule has 1 aliphatic rings. The number of nitriles is 1. The lowest BCUT2D eigenvalue weighted by Crippen LogP contribution is -2.42. The Morgan fingerprint density at radius 3 is 2.10 bits per heavy atom. The summed E-state index contributed by atoms with van der Waals surface area (Å²) in [5.41, 5.74) is 1.92. The van der Waals surface area contributed by atoms with Crippen molar-refractivity contribution in [3.63, 3.8) is 0 Å². The predicted molar refractivity (Wildman–Crippen MR) is 149 cm³/mol. The van der Waals surface area contributed by atoms with Crippen LogP contribution in [0.25, 0.3) is 10.8 Å². The zero-order valence-corrected chi connectivity index (χ0v) is 22.7. The number of rotatable bonds is 17. The van der Waals surface area contributed by atoms with Gasteiger partial charge >= 0.3 is 0 Å². The first-order valence-electron chi connectivity index (χ1n) is 13.3. The van der Waals surface area contributed by atoms with Crippen molar-refractivity contribution in [1.29, 1.82) is 5.26 Å². The Bertz CT molecular complexity index is 1300. The molecule has 1 aliphatic heterocycles. The van der Waals surface area contributed by atoms with E-state index in [0.29, 0.717) is 80.3 Å². The quantitative estimate of drug-likeness (QED) is 0.183. The maximum absolute atomic E-state index is 13.3. The van der Waals surface area contributed by atoms with Crippen LogP contribution in [-0.2, 0) is 18.9 Å². The largest absolute Gasteiger partial charge is 0.492 e. The lowest BCUT2D eigenvalue weighted by molar-refractivity contribution is 0.00148. The van der Waals surface area contributed by atoms with E-state index in [0.717, 1.165) is 5.56 Å². The van der Waals surface area contributed by atoms with Gasteiger partial charge in [0.1, 0.15) is 5.75 Å². The van der Waals surface area contributed by atoms with E-state index in [-0.39, 0.29) is 30.9 Å². The molecule has 0 saturated heterocycles. The molecule has 9 nitrogen and oxygen atoms in total. The van der Waals surface area contributed by atoms with Gasteiger partial charge in [-0.3, -0.25) is 14.5 Å². The molecule has 2 amide bonds. The molecule has 3 aromatic rings. The predicted octanol–water partition coefficient (Wildman–Crippen LogP) is 4.21. The molecule has 0 fully saturated rings. The number of hydrogen-bond acceptors (Lipinski definition) is 8. The Morgan fingerprint density at radius 2 is 1.43 bits per heavy atom. The highest BCUT2D eigenvalue weighted by Gasteiger charge is 2.33. The summed E-state index contributed by atoms with van der Waals surface area (Å²) in [7, 11) is 1.62. The van der Waals surface area contributed by atoms with Crippen molar-refractivity contribution in [2.45, 2.75) is 12.3 Å². The highest BCUT2D eigenvalue weighted by molar-refractivity contribution is 6.26. The Morgan fingerprint density at radius 1 is 0.775 bits per heavy atom. The van der Waals surface area contributed by atoms with E-state index in [1.807, 2.05) is 36.4 Å². The van der Waals surface area contributed by atoms with E-state index in [1.165, 1.54) is 4.90 Å². The Kier molecular flexibility index (Phi) is 11.0. The monoisotopic (exact) mass is 546 g/mol. The van der Waals surface area contributed by atoms with Crippen LogP contribution < -0.4 is 4.74 Å². The van der Waals surface area contributed by atoms with E-state index in [1.54, 1.807) is 31.4 Å². The molecular weight excluding hydrogens is 512 g/mol. The number of carbonyl (C=O) groups is 2. The summed E-state index contributed by atoms with van der Waals surface area (Å²) < 4.78 is 27.5. The number of carbonyl (C=O) groups excluding carboxylic acids is 2. The second-order valence-corrected chi connectivity index (χ2v) is 9.21. The number of methoxy groups -OCH3 is 1. The van der Waals surface area contributed by atoms with Crippen molar-refractivity contribution in [1.82, 2.24) is 4.90 Å². The first-order chi connectivity index (χ1) is 19.7. The van der Waals surface area contributed by atoms with Gasteiger partial charge in [0.25, 0.3) is 11.8 Å². The number of hydrogen-bond donors (Lipinski definition) is 0. The van der Waals surface area contributed by atoms with Crippen molar-refractivity contribution < 1.29 is 33.3 Å². The van der Waals surface area contributed by atoms with Crippen LogP contribution in [0.2, 0.25) is 0 Å². The Labute approximate surface area is 234 Å². The zero-order chi connectivity index (χ0) is 28.2. The molecule has 0 aliphatic carbocycles. The molecule has 1 unspecified atom stereocenters. The van der Waals surface area contributed by atoms with Crippen molar-refractivity contribution in [2.75, 3.05) is 66.5 Å². The molecule has 1 heterocycles. The average molecular weight is 547 g/mol. The maximum Gasteiger partial charge on any atom is 0.261 e. The van der Waals surface area contributed by atoms with E-state index in [9.17, 15) is 14.9 Å². The first-order valence-corrected chi connectivity index (χ1v) is 13.3. The second kappa shape index (κ2) is 15.1. The molecule has 210 valence electrons. The van der Waals surface area contributed by atoms with Gasteiger partial charge in [-0.2, -0.15) is 5.26 Å². The molecule has 1 atom stereocenters. The smallest absolute Gasteiger partial charge is 0.261 e. The first kappa shape index (κ1) is 29.2. The Balaban J connectivity index is 1.35. The summed E-state index contributed by atoms with van der Waals surface area (Å²) >= 11 is 0. The third kappa shape index (κ3) is 7.23. The van der Waals surface area contributed by atoms with Gasteiger partial charge in [-0.25, -0.2) is 0 Å². The molecule has 0 radical (unpaired) electrons. The van der Waals surface area contributed by atoms with Crippen LogP contribution >= 0.6 is 0 Å². The van der Waals surface area contributed by atoms with Gasteiger partial charge < -0.3 is 23.7 Å². The molecule has 40 heavy (non-hydrogen) atoms. The minimum Gasteiger partial charge on any atom is -0.492 e. The van der Waals surface area contributed by atoms with Crippen LogP contribution in [0.3, 0.4) is 0 Å². The Hall–Kier alpha value is -3.81. The average Bonchev–Trinajstić information content (AvgIpc) is 2.98. The van der Waals surface area contributed by atoms with Crippen LogP contribution in [0.4, 0.5) is 0 Å². The zero-order valence-electron chi connectivity index (χ0n) is 22.7. The molecule has 0 bridgehead atoms. The van der Waals surface area contributed by atoms with Crippen LogP contribution in [-0.4, -0.2) is 83.2 Å². The fourth-order valence-electron chi connectivity index (χ4n) is 4.59. The van der Waals surface area contributed by atoms with Crippen LogP contribution in [0.1, 0.15) is 38.6 Å². The summed E-state index contributed by atoms with van der Waals surface area (Å²) in [5.74, 6) is -0.253. The number of ether oxygens (including phenoxy) is 5. The van der Waals surface area contributed by atoms with Crippen molar-refractivity contribution in [2.24, 2.45) is 0 Å². The molecule has 0 saturated carbocycles. The van der Waals surface area contributed by atoms with Crippen molar-refractivity contribution in [3.8, 4) is 11.8 Å². The molecule has 0 aromatic heterocycles. The summed E-state index contributed by atoms with van der Waals surface area (Å²) in [4.78, 5) is 27.8. The van der Waals surface area contributed by atoms with Gasteiger partial charge in [0.05, 0.1) is 65.5 Å². The second-order valence-electron chi connectivity index (χ2n) is 9.21. The highest BCUT2D eigenvalue weighted by Crippen LogP contribution is 2.36. The summed E-state index contributed by atoms with van der Waals surface area (Å²) in [6.45, 7) is 3.37. The molecular formula is C31H34N2O7. The topological polar surface area (TPSA) is 107 Å². The van der Waals surface area contributed by atoms with E-state index in [4.69, 9.17) is 23.7 Å². The molecule has 0 spiro atoms. The summed E-state index contributed by atoms with van der Waals surface area (Å²) in [6, 6.07) is 20.8. The normalized spacial score (nSPS) is 13.4. The number of amides is 2. The van der Waals surface area contributed by atoms with E-state index in [2.05, 4.69) is 6.07 Å². The van der Waals surface area contributed by atoms with Gasteiger partial charge in [-0.1, -0.05) is 42.5 Å². The molecule has 9 heteroatoms. The third-order valence-corrected chi connectivity index (χ3v) is 6.64. The fourth-order valence-corrected chi connectivity index (χ4v) is 4.59. The highest BCUT2D eigenvalue weighted by atomic mass is 16.6. The summed E-state index contributed by atoms with van der Waals surface area (Å²) in [6.07, 6.45) is 0.314. The fraction of sp³-hybridized carbons (Fsp3) is 0.387. The third-order valence-electron chi connectivity index (χ3n) is 6.64. The maximum atomic E-state index is 13.3. The minimum absolute atomic E-state index is 0.101. The lowest BCUT2D eigenvalue weighted by Gasteiger charge is -2.28. The van der Waals surface area contributed by atoms with Crippen LogP contribution in [0.5, 0.6) is 5.75 Å². The van der Waals surface area contributed by atoms with Gasteiger partial charge in [0, 0.05) is 41.3 Å². The van der Waals surface area contributed by atoms with Crippen LogP contribution in [0.15, 0.2) is 60.7 Å². The standard InChI is InChI=1S/C31H34N2O7/c1-36-16-17-38-20-21-39-19-18-37-15-14-33-30(34)26-9-5-8-25-28(11-10-27(29(25)26)31(33)35)40-22-24(12-13-32)23-6-3-2-4-7-23/h2-11,24H,12,14-22H2,1H3. The van der Waals surface area contributed by atoms with Crippen molar-refractivity contribution in [3.05, 3.63) is 77.4 Å². The van der Waals surface area contributed by atoms with Gasteiger partial charge in [-0.05, 0) is 23.8 Å². The molecule has 3 aromatic carbocycles. The van der Waals surface area contributed by atoms with Crippen molar-refractivity contribution >= 4 is 22.6 Å². The SMILES string of the molecule is COCCOCCOCCOCCN1C(=O)c2cccc3c(OCC(CC#N)c4ccccc4)ccc(c23)C1=O. The number of benzene rings is 3. The van der Waals surface area contributed by atoms with Crippen LogP contribution in [0, 0.1) is 11.3 Å². The van der Waals surface area contributed by atoms with Gasteiger partial charge in [0.2, 0.25) is 0 Å². The van der Waals surface area contributed by atoms with Gasteiger partial charge in [0.15, 0.2) is 0 Å². The molecule has 0 N–H and O–H groups in total. The lowest BCUT2D eigenvalue weighted by atomic mass is 9.93. The van der Waals surface area contributed by atoms with E-state index < -0.39 is 0 Å². The molecule has 4 rings (SSSR count). The summed E-state index contributed by atoms with van der Waals surface area (Å²) in [5, 5.41) is 10.6.